The summed E-state index contributed by atoms with van der Waals surface area (Å²) in [6.45, 7) is 2.01. The van der Waals surface area contributed by atoms with Crippen LogP contribution in [0.1, 0.15) is 15.9 Å². The Balaban J connectivity index is 2.00. The first-order valence-electron chi connectivity index (χ1n) is 6.86. The first-order chi connectivity index (χ1) is 10.7. The molecule has 110 valence electrons. The number of methoxy groups -OCH3 is 1. The Morgan fingerprint density at radius 2 is 2.00 bits per heavy atom. The number of carbonyl (C=O) groups is 1. The van der Waals surface area contributed by atoms with Crippen LogP contribution in [0.25, 0.3) is 10.9 Å². The number of benzene rings is 1. The fourth-order valence-corrected chi connectivity index (χ4v) is 2.27. The first kappa shape index (κ1) is 14.0. The van der Waals surface area contributed by atoms with Crippen molar-refractivity contribution in [3.63, 3.8) is 0 Å². The third kappa shape index (κ3) is 2.61. The van der Waals surface area contributed by atoms with Gasteiger partial charge in [-0.15, -0.1) is 0 Å². The van der Waals surface area contributed by atoms with Crippen LogP contribution in [0.15, 0.2) is 48.7 Å². The Morgan fingerprint density at radius 3 is 2.82 bits per heavy atom. The Hall–Kier alpha value is -2.95. The maximum Gasteiger partial charge on any atom is 0.341 e. The summed E-state index contributed by atoms with van der Waals surface area (Å²) in [5.74, 6) is 0.619. The lowest BCUT2D eigenvalue weighted by molar-refractivity contribution is 0.0601. The van der Waals surface area contributed by atoms with Crippen molar-refractivity contribution in [3.05, 3.63) is 59.8 Å². The average molecular weight is 293 g/mol. The summed E-state index contributed by atoms with van der Waals surface area (Å²) in [5.41, 5.74) is 2.38. The van der Waals surface area contributed by atoms with E-state index in [2.05, 4.69) is 15.3 Å². The highest BCUT2D eigenvalue weighted by Crippen LogP contribution is 2.22. The summed E-state index contributed by atoms with van der Waals surface area (Å²) in [6, 6.07) is 13.2. The predicted molar refractivity (Wildman–Crippen MR) is 85.3 cm³/mol. The van der Waals surface area contributed by atoms with Crippen molar-refractivity contribution in [2.75, 3.05) is 12.4 Å². The molecule has 0 aliphatic carbocycles. The number of rotatable bonds is 3. The number of esters is 1. The van der Waals surface area contributed by atoms with Gasteiger partial charge in [0.05, 0.1) is 12.6 Å². The second-order valence-electron chi connectivity index (χ2n) is 4.86. The van der Waals surface area contributed by atoms with Crippen molar-refractivity contribution in [2.45, 2.75) is 6.92 Å². The molecule has 0 atom stereocenters. The van der Waals surface area contributed by atoms with Crippen molar-refractivity contribution in [1.29, 1.82) is 0 Å². The van der Waals surface area contributed by atoms with Crippen molar-refractivity contribution in [2.24, 2.45) is 0 Å². The molecule has 3 aromatic rings. The molecule has 2 heterocycles. The van der Waals surface area contributed by atoms with Crippen LogP contribution in [0.2, 0.25) is 0 Å². The van der Waals surface area contributed by atoms with Gasteiger partial charge in [-0.3, -0.25) is 0 Å². The number of carbonyl (C=O) groups excluding carboxylic acids is 1. The number of ether oxygens (including phenoxy) is 1. The van der Waals surface area contributed by atoms with Crippen molar-refractivity contribution in [3.8, 4) is 0 Å². The van der Waals surface area contributed by atoms with Gasteiger partial charge < -0.3 is 10.1 Å². The Morgan fingerprint density at radius 1 is 1.14 bits per heavy atom. The van der Waals surface area contributed by atoms with E-state index in [1.54, 1.807) is 18.3 Å². The molecule has 1 aromatic carbocycles. The van der Waals surface area contributed by atoms with Crippen LogP contribution in [-0.2, 0) is 4.74 Å². The average Bonchev–Trinajstić information content (AvgIpc) is 2.55. The van der Waals surface area contributed by atoms with Gasteiger partial charge in [0.25, 0.3) is 0 Å². The van der Waals surface area contributed by atoms with Crippen molar-refractivity contribution < 1.29 is 9.53 Å². The Labute approximate surface area is 128 Å². The summed E-state index contributed by atoms with van der Waals surface area (Å²) in [7, 11) is 1.34. The van der Waals surface area contributed by atoms with Crippen LogP contribution in [0.3, 0.4) is 0 Å². The molecular formula is C17H15N3O2. The van der Waals surface area contributed by atoms with E-state index >= 15 is 0 Å². The van der Waals surface area contributed by atoms with Gasteiger partial charge in [0.2, 0.25) is 0 Å². The molecule has 0 saturated carbocycles. The SMILES string of the molecule is COC(=O)c1cccnc1Nc1ccc2cccc(C)c2n1. The topological polar surface area (TPSA) is 64.1 Å². The van der Waals surface area contributed by atoms with Crippen LogP contribution in [0.5, 0.6) is 0 Å². The summed E-state index contributed by atoms with van der Waals surface area (Å²) in [5, 5.41) is 4.15. The summed E-state index contributed by atoms with van der Waals surface area (Å²) in [6.07, 6.45) is 1.61. The fourth-order valence-electron chi connectivity index (χ4n) is 2.27. The number of hydrogen-bond donors (Lipinski definition) is 1. The molecule has 0 bridgehead atoms. The van der Waals surface area contributed by atoms with E-state index in [9.17, 15) is 4.79 Å². The molecule has 0 saturated heterocycles. The number of nitrogens with one attached hydrogen (secondary N) is 1. The molecule has 0 fully saturated rings. The standard InChI is InChI=1S/C17H15N3O2/c1-11-5-3-6-12-8-9-14(19-15(11)12)20-16-13(17(21)22-2)7-4-10-18-16/h3-10H,1-2H3,(H,18,19,20). The highest BCUT2D eigenvalue weighted by molar-refractivity contribution is 5.95. The minimum absolute atomic E-state index is 0.372. The molecule has 5 heteroatoms. The van der Waals surface area contributed by atoms with Gasteiger partial charge in [-0.05, 0) is 36.8 Å². The molecule has 0 radical (unpaired) electrons. The van der Waals surface area contributed by atoms with Crippen molar-refractivity contribution in [1.82, 2.24) is 9.97 Å². The zero-order valence-electron chi connectivity index (χ0n) is 12.3. The quantitative estimate of drug-likeness (QED) is 0.749. The molecule has 0 unspecified atom stereocenters. The number of fused-ring (bicyclic) bond motifs is 1. The van der Waals surface area contributed by atoms with E-state index in [4.69, 9.17) is 4.74 Å². The second-order valence-corrected chi connectivity index (χ2v) is 4.86. The zero-order chi connectivity index (χ0) is 15.5. The smallest absolute Gasteiger partial charge is 0.341 e. The minimum atomic E-state index is -0.437. The van der Waals surface area contributed by atoms with E-state index < -0.39 is 5.97 Å². The van der Waals surface area contributed by atoms with Gasteiger partial charge >= 0.3 is 5.97 Å². The van der Waals surface area contributed by atoms with Crippen LogP contribution in [-0.4, -0.2) is 23.0 Å². The molecule has 5 nitrogen and oxygen atoms in total. The lowest BCUT2D eigenvalue weighted by Crippen LogP contribution is -2.07. The maximum atomic E-state index is 11.8. The molecule has 0 amide bonds. The Bertz CT molecular complexity index is 846. The monoisotopic (exact) mass is 293 g/mol. The highest BCUT2D eigenvalue weighted by atomic mass is 16.5. The van der Waals surface area contributed by atoms with Gasteiger partial charge in [-0.1, -0.05) is 18.2 Å². The van der Waals surface area contributed by atoms with Crippen LogP contribution in [0.4, 0.5) is 11.6 Å². The van der Waals surface area contributed by atoms with Gasteiger partial charge in [0, 0.05) is 11.6 Å². The van der Waals surface area contributed by atoms with Gasteiger partial charge in [0.1, 0.15) is 17.2 Å². The summed E-state index contributed by atoms with van der Waals surface area (Å²) < 4.78 is 4.76. The lowest BCUT2D eigenvalue weighted by Gasteiger charge is -2.10. The normalized spacial score (nSPS) is 10.5. The van der Waals surface area contributed by atoms with Gasteiger partial charge in [0.15, 0.2) is 0 Å². The first-order valence-corrected chi connectivity index (χ1v) is 6.86. The largest absolute Gasteiger partial charge is 0.465 e. The van der Waals surface area contributed by atoms with E-state index in [-0.39, 0.29) is 0 Å². The number of hydrogen-bond acceptors (Lipinski definition) is 5. The minimum Gasteiger partial charge on any atom is -0.465 e. The Kier molecular flexibility index (Phi) is 3.70. The summed E-state index contributed by atoms with van der Waals surface area (Å²) >= 11 is 0. The third-order valence-electron chi connectivity index (χ3n) is 3.38. The number of anilines is 2. The highest BCUT2D eigenvalue weighted by Gasteiger charge is 2.13. The number of nitrogens with zero attached hydrogens (tertiary/aromatic N) is 2. The zero-order valence-corrected chi connectivity index (χ0v) is 12.3. The maximum absolute atomic E-state index is 11.8. The molecule has 2 aromatic heterocycles. The molecule has 0 aliphatic rings. The van der Waals surface area contributed by atoms with E-state index in [1.165, 1.54) is 7.11 Å². The molecule has 22 heavy (non-hydrogen) atoms. The molecular weight excluding hydrogens is 278 g/mol. The second kappa shape index (κ2) is 5.81. The molecule has 1 N–H and O–H groups in total. The fraction of sp³-hybridized carbons (Fsp3) is 0.118. The van der Waals surface area contributed by atoms with Crippen LogP contribution in [0, 0.1) is 6.92 Å². The van der Waals surface area contributed by atoms with Crippen LogP contribution >= 0.6 is 0 Å². The summed E-state index contributed by atoms with van der Waals surface area (Å²) in [4.78, 5) is 20.6. The molecule has 3 rings (SSSR count). The van der Waals surface area contributed by atoms with Gasteiger partial charge in [-0.2, -0.15) is 0 Å². The number of aryl methyl sites for hydroxylation is 1. The predicted octanol–water partition coefficient (Wildman–Crippen LogP) is 3.47. The van der Waals surface area contributed by atoms with Crippen molar-refractivity contribution >= 4 is 28.5 Å². The van der Waals surface area contributed by atoms with E-state index in [1.807, 2.05) is 37.3 Å². The van der Waals surface area contributed by atoms with E-state index in [0.29, 0.717) is 17.2 Å². The number of aromatic nitrogens is 2. The lowest BCUT2D eigenvalue weighted by atomic mass is 10.1. The van der Waals surface area contributed by atoms with E-state index in [0.717, 1.165) is 16.5 Å². The third-order valence-corrected chi connectivity index (χ3v) is 3.38. The van der Waals surface area contributed by atoms with Gasteiger partial charge in [-0.25, -0.2) is 14.8 Å². The number of para-hydroxylation sites is 1. The molecule has 0 aliphatic heterocycles. The van der Waals surface area contributed by atoms with Crippen LogP contribution < -0.4 is 5.32 Å². The number of pyridine rings is 2. The molecule has 0 spiro atoms.